The lowest BCUT2D eigenvalue weighted by atomic mass is 9.80. The summed E-state index contributed by atoms with van der Waals surface area (Å²) in [6, 6.07) is 3.75. The first-order valence-electron chi connectivity index (χ1n) is 9.94. The van der Waals surface area contributed by atoms with Crippen molar-refractivity contribution in [3.63, 3.8) is 0 Å². The predicted molar refractivity (Wildman–Crippen MR) is 113 cm³/mol. The molecule has 1 aliphatic carbocycles. The van der Waals surface area contributed by atoms with Gasteiger partial charge in [0.2, 0.25) is 5.91 Å². The van der Waals surface area contributed by atoms with Gasteiger partial charge in [-0.2, -0.15) is 23.4 Å². The summed E-state index contributed by atoms with van der Waals surface area (Å²) in [6.07, 6.45) is 1.92. The van der Waals surface area contributed by atoms with Gasteiger partial charge < -0.3 is 5.32 Å². The van der Waals surface area contributed by atoms with Crippen molar-refractivity contribution in [3.8, 4) is 0 Å². The van der Waals surface area contributed by atoms with Crippen LogP contribution in [0.1, 0.15) is 41.8 Å². The molecule has 0 saturated carbocycles. The maximum atomic E-state index is 13.3. The van der Waals surface area contributed by atoms with Crippen molar-refractivity contribution in [3.05, 3.63) is 70.7 Å². The Balaban J connectivity index is 1.58. The third-order valence-electron chi connectivity index (χ3n) is 5.97. The highest BCUT2D eigenvalue weighted by Crippen LogP contribution is 2.50. The van der Waals surface area contributed by atoms with E-state index in [1.807, 2.05) is 13.1 Å². The van der Waals surface area contributed by atoms with Gasteiger partial charge in [-0.05, 0) is 25.5 Å². The highest BCUT2D eigenvalue weighted by Gasteiger charge is 2.47. The van der Waals surface area contributed by atoms with Gasteiger partial charge in [0, 0.05) is 53.9 Å². The van der Waals surface area contributed by atoms with E-state index in [0.29, 0.717) is 17.6 Å². The minimum absolute atomic E-state index is 0.00928. The molecule has 0 fully saturated rings. The molecule has 0 unspecified atom stereocenters. The Morgan fingerprint density at radius 1 is 1.27 bits per heavy atom. The van der Waals surface area contributed by atoms with Crippen LogP contribution in [0, 0.1) is 0 Å². The fourth-order valence-electron chi connectivity index (χ4n) is 4.43. The molecule has 0 saturated heterocycles. The molecule has 5 rings (SSSR count). The van der Waals surface area contributed by atoms with E-state index < -0.39 is 29.1 Å². The Bertz CT molecular complexity index is 1400. The Morgan fingerprint density at radius 2 is 2.06 bits per heavy atom. The standard InChI is InChI=1S/C21H17ClF3N7O/c1-20(11-8-28-31(2)10-11)7-13(14-9-27-17-6-16(22)30-32(17)18(14)20)19(33)29-12-3-4-26-15(5-12)21(23,24)25/h3-6,8-10,13H,7H2,1-2H3,(H,26,29,33)/t13-,20-/m1/s1. The summed E-state index contributed by atoms with van der Waals surface area (Å²) in [5.41, 5.74) is 1.01. The highest BCUT2D eigenvalue weighted by atomic mass is 35.5. The fourth-order valence-corrected chi connectivity index (χ4v) is 4.60. The number of carbonyl (C=O) groups excluding carboxylic acids is 1. The second-order valence-electron chi connectivity index (χ2n) is 8.21. The fraction of sp³-hybridized carbons (Fsp3) is 0.286. The number of hydrogen-bond donors (Lipinski definition) is 1. The van der Waals surface area contributed by atoms with Gasteiger partial charge in [-0.1, -0.05) is 11.6 Å². The minimum Gasteiger partial charge on any atom is -0.325 e. The molecule has 33 heavy (non-hydrogen) atoms. The molecule has 1 aliphatic rings. The largest absolute Gasteiger partial charge is 0.433 e. The number of anilines is 1. The maximum absolute atomic E-state index is 13.3. The average molecular weight is 476 g/mol. The molecule has 1 N–H and O–H groups in total. The Morgan fingerprint density at radius 3 is 2.76 bits per heavy atom. The van der Waals surface area contributed by atoms with Crippen LogP contribution in [0.3, 0.4) is 0 Å². The zero-order valence-corrected chi connectivity index (χ0v) is 18.2. The van der Waals surface area contributed by atoms with E-state index in [9.17, 15) is 18.0 Å². The number of rotatable bonds is 3. The second kappa shape index (κ2) is 7.27. The van der Waals surface area contributed by atoms with Gasteiger partial charge in [-0.3, -0.25) is 14.5 Å². The van der Waals surface area contributed by atoms with Crippen LogP contribution in [-0.2, 0) is 23.4 Å². The van der Waals surface area contributed by atoms with Crippen LogP contribution < -0.4 is 5.32 Å². The van der Waals surface area contributed by atoms with Crippen LogP contribution >= 0.6 is 11.6 Å². The number of nitrogens with one attached hydrogen (secondary N) is 1. The van der Waals surface area contributed by atoms with Crippen molar-refractivity contribution in [1.29, 1.82) is 0 Å². The lowest BCUT2D eigenvalue weighted by Gasteiger charge is -2.24. The Labute approximate surface area is 190 Å². The molecule has 4 aromatic rings. The van der Waals surface area contributed by atoms with Crippen LogP contribution in [0.2, 0.25) is 5.15 Å². The summed E-state index contributed by atoms with van der Waals surface area (Å²) in [6.45, 7) is 1.97. The van der Waals surface area contributed by atoms with E-state index in [0.717, 1.165) is 23.5 Å². The molecule has 0 aromatic carbocycles. The van der Waals surface area contributed by atoms with Crippen LogP contribution in [0.25, 0.3) is 5.65 Å². The second-order valence-corrected chi connectivity index (χ2v) is 8.59. The van der Waals surface area contributed by atoms with Crippen molar-refractivity contribution in [1.82, 2.24) is 29.4 Å². The average Bonchev–Trinajstić information content (AvgIpc) is 3.43. The van der Waals surface area contributed by atoms with Crippen molar-refractivity contribution < 1.29 is 18.0 Å². The van der Waals surface area contributed by atoms with E-state index in [1.54, 1.807) is 34.7 Å². The predicted octanol–water partition coefficient (Wildman–Crippen LogP) is 3.96. The third kappa shape index (κ3) is 3.52. The zero-order valence-electron chi connectivity index (χ0n) is 17.4. The van der Waals surface area contributed by atoms with Gasteiger partial charge in [-0.15, -0.1) is 0 Å². The molecule has 1 amide bonds. The van der Waals surface area contributed by atoms with Gasteiger partial charge in [0.1, 0.15) is 5.69 Å². The van der Waals surface area contributed by atoms with Crippen LogP contribution in [0.5, 0.6) is 0 Å². The number of fused-ring (bicyclic) bond motifs is 3. The topological polar surface area (TPSA) is 90.0 Å². The van der Waals surface area contributed by atoms with Crippen molar-refractivity contribution >= 4 is 28.8 Å². The molecule has 12 heteroatoms. The Hall–Kier alpha value is -3.47. The number of aromatic nitrogens is 6. The summed E-state index contributed by atoms with van der Waals surface area (Å²) < 4.78 is 42.4. The molecule has 0 spiro atoms. The number of amides is 1. The molecular weight excluding hydrogens is 459 g/mol. The third-order valence-corrected chi connectivity index (χ3v) is 6.15. The monoisotopic (exact) mass is 475 g/mol. The van der Waals surface area contributed by atoms with E-state index in [4.69, 9.17) is 11.6 Å². The van der Waals surface area contributed by atoms with Gasteiger partial charge in [0.15, 0.2) is 10.8 Å². The number of pyridine rings is 1. The quantitative estimate of drug-likeness (QED) is 0.484. The van der Waals surface area contributed by atoms with Crippen LogP contribution in [-0.4, -0.2) is 35.3 Å². The lowest BCUT2D eigenvalue weighted by molar-refractivity contribution is -0.141. The number of nitrogens with zero attached hydrogens (tertiary/aromatic N) is 6. The van der Waals surface area contributed by atoms with Gasteiger partial charge >= 0.3 is 6.18 Å². The summed E-state index contributed by atoms with van der Waals surface area (Å²) >= 11 is 6.12. The summed E-state index contributed by atoms with van der Waals surface area (Å²) in [5, 5.41) is 11.5. The lowest BCUT2D eigenvalue weighted by Crippen LogP contribution is -2.25. The molecular formula is C21H17ClF3N7O. The molecule has 0 bridgehead atoms. The first-order chi connectivity index (χ1) is 15.6. The van der Waals surface area contributed by atoms with Gasteiger partial charge in [0.05, 0.1) is 17.8 Å². The Kier molecular flexibility index (Phi) is 4.71. The van der Waals surface area contributed by atoms with Crippen LogP contribution in [0.4, 0.5) is 18.9 Å². The summed E-state index contributed by atoms with van der Waals surface area (Å²) in [5.74, 6) is -1.14. The molecule has 170 valence electrons. The number of hydrogen-bond acceptors (Lipinski definition) is 5. The molecule has 4 aromatic heterocycles. The van der Waals surface area contributed by atoms with Gasteiger partial charge in [0.25, 0.3) is 0 Å². The molecule has 4 heterocycles. The number of alkyl halides is 3. The van der Waals surface area contributed by atoms with E-state index in [-0.39, 0.29) is 10.8 Å². The maximum Gasteiger partial charge on any atom is 0.433 e. The summed E-state index contributed by atoms with van der Waals surface area (Å²) in [7, 11) is 1.79. The van der Waals surface area contributed by atoms with Crippen molar-refractivity contribution in [2.24, 2.45) is 7.05 Å². The SMILES string of the molecule is Cn1cc([C@@]2(C)C[C@@H](C(=O)Nc3ccnc(C(F)(F)F)c3)c3cnc4cc(Cl)nn4c32)cn1. The van der Waals surface area contributed by atoms with E-state index in [1.165, 1.54) is 6.07 Å². The zero-order chi connectivity index (χ0) is 23.5. The molecule has 0 aliphatic heterocycles. The molecule has 2 atom stereocenters. The molecule has 0 radical (unpaired) electrons. The van der Waals surface area contributed by atoms with Crippen molar-refractivity contribution in [2.75, 3.05) is 5.32 Å². The smallest absolute Gasteiger partial charge is 0.325 e. The van der Waals surface area contributed by atoms with Crippen LogP contribution in [0.15, 0.2) is 43.0 Å². The normalized spacial score (nSPS) is 20.2. The first-order valence-corrected chi connectivity index (χ1v) is 10.3. The minimum atomic E-state index is -4.62. The van der Waals surface area contributed by atoms with Crippen molar-refractivity contribution in [2.45, 2.75) is 30.9 Å². The number of halogens is 4. The highest BCUT2D eigenvalue weighted by molar-refractivity contribution is 6.29. The number of carbonyl (C=O) groups is 1. The first kappa shape index (κ1) is 21.4. The molecule has 8 nitrogen and oxygen atoms in total. The van der Waals surface area contributed by atoms with E-state index in [2.05, 4.69) is 25.5 Å². The summed E-state index contributed by atoms with van der Waals surface area (Å²) in [4.78, 5) is 21.0. The number of aryl methyl sites for hydroxylation is 1. The van der Waals surface area contributed by atoms with E-state index >= 15 is 0 Å². The van der Waals surface area contributed by atoms with Gasteiger partial charge in [-0.25, -0.2) is 9.50 Å².